The van der Waals surface area contributed by atoms with Crippen LogP contribution in [0.3, 0.4) is 0 Å². The maximum Gasteiger partial charge on any atom is 0.233 e. The van der Waals surface area contributed by atoms with Gasteiger partial charge in [0.1, 0.15) is 5.82 Å². The number of aryl methyl sites for hydroxylation is 1. The maximum absolute atomic E-state index is 13.5. The fraction of sp³-hybridized carbons (Fsp3) is 0.533. The summed E-state index contributed by atoms with van der Waals surface area (Å²) in [6, 6.07) is 4.74. The highest BCUT2D eigenvalue weighted by Crippen LogP contribution is 2.31. The number of rotatable bonds is 4. The zero-order valence-electron chi connectivity index (χ0n) is 12.0. The minimum atomic E-state index is -0.526. The van der Waals surface area contributed by atoms with E-state index in [1.165, 1.54) is 6.07 Å². The van der Waals surface area contributed by atoms with Crippen molar-refractivity contribution in [2.45, 2.75) is 19.8 Å². The summed E-state index contributed by atoms with van der Waals surface area (Å²) >= 11 is 0. The topological polar surface area (TPSA) is 50.4 Å². The number of piperidine rings is 1. The van der Waals surface area contributed by atoms with Crippen LogP contribution in [0.1, 0.15) is 18.4 Å². The predicted octanol–water partition coefficient (Wildman–Crippen LogP) is 2.09. The number of amides is 1. The van der Waals surface area contributed by atoms with Crippen molar-refractivity contribution in [2.24, 2.45) is 5.41 Å². The molecule has 0 atom stereocenters. The zero-order valence-corrected chi connectivity index (χ0v) is 12.0. The standard InChI is InChI=1S/C15H21FN2O2/c1-11-3-4-12(9-13(11)16)18-14(19)15(10-20-2)5-7-17-8-6-15/h3-4,9,17H,5-8,10H2,1-2H3,(H,18,19). The van der Waals surface area contributed by atoms with Crippen LogP contribution < -0.4 is 10.6 Å². The summed E-state index contributed by atoms with van der Waals surface area (Å²) < 4.78 is 18.8. The largest absolute Gasteiger partial charge is 0.384 e. The second-order valence-electron chi connectivity index (χ2n) is 5.38. The van der Waals surface area contributed by atoms with Gasteiger partial charge in [0.25, 0.3) is 0 Å². The molecule has 1 fully saturated rings. The van der Waals surface area contributed by atoms with Crippen LogP contribution in [0.25, 0.3) is 0 Å². The second-order valence-corrected chi connectivity index (χ2v) is 5.38. The van der Waals surface area contributed by atoms with E-state index in [-0.39, 0.29) is 11.7 Å². The fourth-order valence-corrected chi connectivity index (χ4v) is 2.55. The van der Waals surface area contributed by atoms with Gasteiger partial charge in [0.2, 0.25) is 5.91 Å². The smallest absolute Gasteiger partial charge is 0.233 e. The van der Waals surface area contributed by atoms with E-state index in [2.05, 4.69) is 10.6 Å². The van der Waals surface area contributed by atoms with Crippen molar-refractivity contribution in [1.82, 2.24) is 5.32 Å². The van der Waals surface area contributed by atoms with E-state index in [1.807, 2.05) is 0 Å². The molecule has 0 radical (unpaired) electrons. The number of ether oxygens (including phenoxy) is 1. The summed E-state index contributed by atoms with van der Waals surface area (Å²) in [6.45, 7) is 3.66. The van der Waals surface area contributed by atoms with E-state index in [0.29, 0.717) is 17.9 Å². The monoisotopic (exact) mass is 280 g/mol. The lowest BCUT2D eigenvalue weighted by Gasteiger charge is -2.35. The van der Waals surface area contributed by atoms with Gasteiger partial charge in [-0.25, -0.2) is 4.39 Å². The van der Waals surface area contributed by atoms with Crippen LogP contribution in [0.5, 0.6) is 0 Å². The number of anilines is 1. The van der Waals surface area contributed by atoms with Gasteiger partial charge in [-0.3, -0.25) is 4.79 Å². The quantitative estimate of drug-likeness (QED) is 0.888. The summed E-state index contributed by atoms with van der Waals surface area (Å²) in [5, 5.41) is 6.06. The Kier molecular flexibility index (Phi) is 4.73. The highest BCUT2D eigenvalue weighted by molar-refractivity contribution is 5.95. The molecule has 1 saturated heterocycles. The van der Waals surface area contributed by atoms with Crippen LogP contribution >= 0.6 is 0 Å². The molecule has 1 aliphatic rings. The number of halogens is 1. The third kappa shape index (κ3) is 3.16. The van der Waals surface area contributed by atoms with Crippen molar-refractivity contribution in [1.29, 1.82) is 0 Å². The number of carbonyl (C=O) groups is 1. The van der Waals surface area contributed by atoms with Crippen molar-refractivity contribution < 1.29 is 13.9 Å². The van der Waals surface area contributed by atoms with Gasteiger partial charge in [-0.15, -0.1) is 0 Å². The second kappa shape index (κ2) is 6.33. The molecule has 4 nitrogen and oxygen atoms in total. The van der Waals surface area contributed by atoms with Crippen molar-refractivity contribution in [3.63, 3.8) is 0 Å². The average Bonchev–Trinajstić information content (AvgIpc) is 2.44. The average molecular weight is 280 g/mol. The zero-order chi connectivity index (χ0) is 14.6. The van der Waals surface area contributed by atoms with Gasteiger partial charge >= 0.3 is 0 Å². The van der Waals surface area contributed by atoms with E-state index >= 15 is 0 Å². The van der Waals surface area contributed by atoms with Crippen LogP contribution in [0.4, 0.5) is 10.1 Å². The predicted molar refractivity (Wildman–Crippen MR) is 76.2 cm³/mol. The van der Waals surface area contributed by atoms with Gasteiger partial charge < -0.3 is 15.4 Å². The summed E-state index contributed by atoms with van der Waals surface area (Å²) in [6.07, 6.45) is 1.45. The highest BCUT2D eigenvalue weighted by Gasteiger charge is 2.39. The third-order valence-electron chi connectivity index (χ3n) is 3.89. The lowest BCUT2D eigenvalue weighted by atomic mass is 9.78. The molecule has 1 aliphatic heterocycles. The first-order valence-corrected chi connectivity index (χ1v) is 6.85. The van der Waals surface area contributed by atoms with Gasteiger partial charge in [-0.2, -0.15) is 0 Å². The molecule has 1 heterocycles. The van der Waals surface area contributed by atoms with Gasteiger partial charge in [0.05, 0.1) is 12.0 Å². The third-order valence-corrected chi connectivity index (χ3v) is 3.89. The lowest BCUT2D eigenvalue weighted by Crippen LogP contribution is -2.47. The summed E-state index contributed by atoms with van der Waals surface area (Å²) in [5.74, 6) is -0.405. The SMILES string of the molecule is COCC1(C(=O)Nc2ccc(C)c(F)c2)CCNCC1. The molecule has 110 valence electrons. The summed E-state index contributed by atoms with van der Waals surface area (Å²) in [5.41, 5.74) is 0.532. The number of benzene rings is 1. The van der Waals surface area contributed by atoms with E-state index in [4.69, 9.17) is 4.74 Å². The first-order chi connectivity index (χ1) is 9.57. The van der Waals surface area contributed by atoms with Gasteiger partial charge in [0.15, 0.2) is 0 Å². The Hall–Kier alpha value is -1.46. The summed E-state index contributed by atoms with van der Waals surface area (Å²) in [7, 11) is 1.60. The van der Waals surface area contributed by atoms with Crippen LogP contribution in [0.15, 0.2) is 18.2 Å². The number of nitrogens with one attached hydrogen (secondary N) is 2. The Morgan fingerprint density at radius 2 is 2.15 bits per heavy atom. The number of hydrogen-bond donors (Lipinski definition) is 2. The molecule has 0 spiro atoms. The molecule has 1 aromatic rings. The molecule has 2 N–H and O–H groups in total. The van der Waals surface area contributed by atoms with Crippen molar-refractivity contribution in [3.05, 3.63) is 29.6 Å². The molecule has 5 heteroatoms. The van der Waals surface area contributed by atoms with E-state index in [0.717, 1.165) is 25.9 Å². The molecular weight excluding hydrogens is 259 g/mol. The van der Waals surface area contributed by atoms with Gasteiger partial charge in [-0.05, 0) is 50.6 Å². The van der Waals surface area contributed by atoms with Gasteiger partial charge in [0, 0.05) is 12.8 Å². The first-order valence-electron chi connectivity index (χ1n) is 6.85. The van der Waals surface area contributed by atoms with Crippen molar-refractivity contribution >= 4 is 11.6 Å². The highest BCUT2D eigenvalue weighted by atomic mass is 19.1. The Morgan fingerprint density at radius 3 is 2.75 bits per heavy atom. The first kappa shape index (κ1) is 14.9. The molecule has 1 aromatic carbocycles. The number of methoxy groups -OCH3 is 1. The van der Waals surface area contributed by atoms with Gasteiger partial charge in [-0.1, -0.05) is 6.07 Å². The molecule has 2 rings (SSSR count). The Bertz CT molecular complexity index is 479. The van der Waals surface area contributed by atoms with Crippen molar-refractivity contribution in [2.75, 3.05) is 32.1 Å². The molecule has 20 heavy (non-hydrogen) atoms. The molecule has 0 saturated carbocycles. The molecule has 1 amide bonds. The van der Waals surface area contributed by atoms with Crippen LogP contribution in [0, 0.1) is 18.2 Å². The van der Waals surface area contributed by atoms with E-state index < -0.39 is 5.41 Å². The number of carbonyl (C=O) groups excluding carboxylic acids is 1. The minimum absolute atomic E-state index is 0.0934. The maximum atomic E-state index is 13.5. The summed E-state index contributed by atoms with van der Waals surface area (Å²) in [4.78, 5) is 12.5. The number of hydrogen-bond acceptors (Lipinski definition) is 3. The lowest BCUT2D eigenvalue weighted by molar-refractivity contribution is -0.130. The fourth-order valence-electron chi connectivity index (χ4n) is 2.55. The molecule has 0 unspecified atom stereocenters. The minimum Gasteiger partial charge on any atom is -0.384 e. The van der Waals surface area contributed by atoms with E-state index in [9.17, 15) is 9.18 Å². The molecule has 0 aliphatic carbocycles. The molecular formula is C15H21FN2O2. The van der Waals surface area contributed by atoms with Crippen LogP contribution in [0.2, 0.25) is 0 Å². The van der Waals surface area contributed by atoms with Crippen LogP contribution in [-0.2, 0) is 9.53 Å². The Balaban J connectivity index is 2.13. The van der Waals surface area contributed by atoms with E-state index in [1.54, 1.807) is 26.2 Å². The van der Waals surface area contributed by atoms with Crippen LogP contribution in [-0.4, -0.2) is 32.7 Å². The molecule has 0 aromatic heterocycles. The Labute approximate surface area is 118 Å². The normalized spacial score (nSPS) is 17.8. The Morgan fingerprint density at radius 1 is 1.45 bits per heavy atom. The molecule has 0 bridgehead atoms. The van der Waals surface area contributed by atoms with Crippen molar-refractivity contribution in [3.8, 4) is 0 Å².